The van der Waals surface area contributed by atoms with Gasteiger partial charge in [0.2, 0.25) is 0 Å². The van der Waals surface area contributed by atoms with E-state index < -0.39 is 17.3 Å². The highest BCUT2D eigenvalue weighted by Crippen LogP contribution is 2.59. The van der Waals surface area contributed by atoms with Crippen molar-refractivity contribution < 1.29 is 9.84 Å². The maximum atomic E-state index is 10.4. The molecule has 1 aliphatic heterocycles. The largest absolute Gasteiger partial charge is 0.373 e. The van der Waals surface area contributed by atoms with Crippen molar-refractivity contribution in [2.45, 2.75) is 41.4 Å². The van der Waals surface area contributed by atoms with Crippen LogP contribution in [0, 0.1) is 34.5 Å². The Hall–Kier alpha value is -0.620. The lowest BCUT2D eigenvalue weighted by molar-refractivity contribution is -0.0892. The van der Waals surface area contributed by atoms with Gasteiger partial charge in [-0.25, -0.2) is 0 Å². The third-order valence-electron chi connectivity index (χ3n) is 4.44. The zero-order valence-electron chi connectivity index (χ0n) is 8.56. The van der Waals surface area contributed by atoms with Crippen LogP contribution >= 0.6 is 15.9 Å². The molecule has 0 aromatic carbocycles. The molecule has 3 rings (SSSR count). The lowest BCUT2D eigenvalue weighted by Crippen LogP contribution is -2.53. The van der Waals surface area contributed by atoms with Crippen LogP contribution in [0.1, 0.15) is 19.3 Å². The van der Waals surface area contributed by atoms with Gasteiger partial charge in [0.05, 0.1) is 10.9 Å². The standard InChI is InChI=1S/C11H11BrN2O2/c12-8-2-6-1-7-3-9(10(6,15)4-13)16-11(7,8)5-14/h6-9,15H,1-3H2/t6-,7-,8+,9-,10+,11+/m1/s1. The average molecular weight is 283 g/mol. The molecule has 1 heterocycles. The number of alkyl halides is 1. The molecule has 2 aliphatic carbocycles. The molecule has 0 unspecified atom stereocenters. The molecule has 0 aromatic rings. The van der Waals surface area contributed by atoms with Crippen molar-refractivity contribution in [2.24, 2.45) is 11.8 Å². The van der Waals surface area contributed by atoms with E-state index in [9.17, 15) is 10.4 Å². The van der Waals surface area contributed by atoms with Crippen LogP contribution < -0.4 is 0 Å². The van der Waals surface area contributed by atoms with E-state index in [1.54, 1.807) is 0 Å². The molecule has 0 radical (unpaired) electrons. The zero-order valence-corrected chi connectivity index (χ0v) is 10.1. The maximum Gasteiger partial charge on any atom is 0.180 e. The highest BCUT2D eigenvalue weighted by atomic mass is 79.9. The van der Waals surface area contributed by atoms with E-state index in [1.165, 1.54) is 0 Å². The van der Waals surface area contributed by atoms with E-state index in [2.05, 4.69) is 22.0 Å². The number of hydrogen-bond donors (Lipinski definition) is 1. The molecule has 0 aromatic heterocycles. The summed E-state index contributed by atoms with van der Waals surface area (Å²) in [7, 11) is 0. The summed E-state index contributed by atoms with van der Waals surface area (Å²) in [6, 6.07) is 4.26. The van der Waals surface area contributed by atoms with Crippen molar-refractivity contribution in [3.8, 4) is 12.1 Å². The minimum atomic E-state index is -1.41. The van der Waals surface area contributed by atoms with Gasteiger partial charge < -0.3 is 9.84 Å². The number of aliphatic hydroxyl groups is 1. The molecular formula is C11H11BrN2O2. The van der Waals surface area contributed by atoms with Crippen molar-refractivity contribution in [2.75, 3.05) is 0 Å². The highest BCUT2D eigenvalue weighted by Gasteiger charge is 2.68. The molecule has 5 heteroatoms. The van der Waals surface area contributed by atoms with Gasteiger partial charge >= 0.3 is 0 Å². The van der Waals surface area contributed by atoms with Gasteiger partial charge in [0, 0.05) is 11.8 Å². The Morgan fingerprint density at radius 1 is 1.19 bits per heavy atom. The van der Waals surface area contributed by atoms with Gasteiger partial charge in [0.15, 0.2) is 11.2 Å². The van der Waals surface area contributed by atoms with Crippen LogP contribution in [-0.2, 0) is 4.74 Å². The second kappa shape index (κ2) is 2.98. The van der Waals surface area contributed by atoms with E-state index >= 15 is 0 Å². The summed E-state index contributed by atoms with van der Waals surface area (Å²) in [5, 5.41) is 28.9. The number of fused-ring (bicyclic) bond motifs is 2. The molecule has 0 spiro atoms. The SMILES string of the molecule is N#C[C@]1(O)[C@@H]2C[C@@H]3C[C@H]1O[C@]3(C#N)[C@@H](Br)C2. The summed E-state index contributed by atoms with van der Waals surface area (Å²) in [5.41, 5.74) is -2.24. The predicted octanol–water partition coefficient (Wildman–Crippen LogP) is 1.10. The lowest BCUT2D eigenvalue weighted by Gasteiger charge is -2.43. The average Bonchev–Trinajstić information content (AvgIpc) is 2.61. The van der Waals surface area contributed by atoms with Crippen molar-refractivity contribution in [3.63, 3.8) is 0 Å². The Labute approximate surface area is 102 Å². The number of nitrogens with zero attached hydrogens (tertiary/aromatic N) is 2. The van der Waals surface area contributed by atoms with Crippen LogP contribution in [-0.4, -0.2) is 27.2 Å². The molecule has 84 valence electrons. The Morgan fingerprint density at radius 2 is 1.94 bits per heavy atom. The first-order valence-corrected chi connectivity index (χ1v) is 6.35. The monoisotopic (exact) mass is 282 g/mol. The first-order chi connectivity index (χ1) is 7.56. The fourth-order valence-electron chi connectivity index (χ4n) is 3.52. The van der Waals surface area contributed by atoms with E-state index in [-0.39, 0.29) is 16.7 Å². The summed E-state index contributed by atoms with van der Waals surface area (Å²) in [6.07, 6.45) is 1.47. The van der Waals surface area contributed by atoms with Crippen LogP contribution in [0.25, 0.3) is 0 Å². The third kappa shape index (κ3) is 0.953. The molecule has 1 N–H and O–H groups in total. The molecule has 1 saturated heterocycles. The Kier molecular flexibility index (Phi) is 1.96. The van der Waals surface area contributed by atoms with E-state index in [4.69, 9.17) is 10.00 Å². The Balaban J connectivity index is 2.11. The topological polar surface area (TPSA) is 77.0 Å². The van der Waals surface area contributed by atoms with E-state index in [0.29, 0.717) is 12.8 Å². The first kappa shape index (κ1) is 10.5. The quantitative estimate of drug-likeness (QED) is 0.533. The molecule has 3 aliphatic rings. The molecule has 4 nitrogen and oxygen atoms in total. The van der Waals surface area contributed by atoms with Crippen LogP contribution in [0.2, 0.25) is 0 Å². The van der Waals surface area contributed by atoms with Crippen LogP contribution in [0.5, 0.6) is 0 Å². The zero-order chi connectivity index (χ0) is 11.6. The summed E-state index contributed by atoms with van der Waals surface area (Å²) < 4.78 is 5.75. The Bertz CT molecular complexity index is 427. The minimum absolute atomic E-state index is 0.0744. The number of ether oxygens (including phenoxy) is 1. The van der Waals surface area contributed by atoms with Crippen molar-refractivity contribution in [1.82, 2.24) is 0 Å². The number of rotatable bonds is 0. The fraction of sp³-hybridized carbons (Fsp3) is 0.818. The minimum Gasteiger partial charge on any atom is -0.373 e. The highest BCUT2D eigenvalue weighted by molar-refractivity contribution is 9.09. The summed E-state index contributed by atoms with van der Waals surface area (Å²) in [5.74, 6) is 0.0776. The third-order valence-corrected chi connectivity index (χ3v) is 5.49. The van der Waals surface area contributed by atoms with Gasteiger partial charge in [0.1, 0.15) is 12.2 Å². The second-order valence-corrected chi connectivity index (χ2v) is 6.12. The lowest BCUT2D eigenvalue weighted by atomic mass is 9.61. The smallest absolute Gasteiger partial charge is 0.180 e. The molecule has 16 heavy (non-hydrogen) atoms. The molecule has 0 amide bonds. The van der Waals surface area contributed by atoms with Crippen LogP contribution in [0.3, 0.4) is 0 Å². The molecule has 3 bridgehead atoms. The van der Waals surface area contributed by atoms with E-state index in [1.807, 2.05) is 6.07 Å². The summed E-state index contributed by atoms with van der Waals surface area (Å²) >= 11 is 3.49. The van der Waals surface area contributed by atoms with Crippen LogP contribution in [0.4, 0.5) is 0 Å². The number of nitriles is 2. The maximum absolute atomic E-state index is 10.4. The summed E-state index contributed by atoms with van der Waals surface area (Å²) in [6.45, 7) is 0. The molecule has 2 saturated carbocycles. The predicted molar refractivity (Wildman–Crippen MR) is 57.3 cm³/mol. The van der Waals surface area contributed by atoms with Gasteiger partial charge in [-0.2, -0.15) is 10.5 Å². The van der Waals surface area contributed by atoms with Gasteiger partial charge in [0.25, 0.3) is 0 Å². The molecule has 3 fully saturated rings. The molecular weight excluding hydrogens is 272 g/mol. The Morgan fingerprint density at radius 3 is 2.56 bits per heavy atom. The van der Waals surface area contributed by atoms with Crippen molar-refractivity contribution in [3.05, 3.63) is 0 Å². The molecule has 6 atom stereocenters. The number of hydrogen-bond acceptors (Lipinski definition) is 4. The number of halogens is 1. The van der Waals surface area contributed by atoms with Gasteiger partial charge in [-0.1, -0.05) is 15.9 Å². The van der Waals surface area contributed by atoms with E-state index in [0.717, 1.165) is 6.42 Å². The summed E-state index contributed by atoms with van der Waals surface area (Å²) in [4.78, 5) is -0.0823. The van der Waals surface area contributed by atoms with Crippen molar-refractivity contribution >= 4 is 15.9 Å². The van der Waals surface area contributed by atoms with Gasteiger partial charge in [-0.15, -0.1) is 0 Å². The van der Waals surface area contributed by atoms with Crippen molar-refractivity contribution in [1.29, 1.82) is 10.5 Å². The van der Waals surface area contributed by atoms with Gasteiger partial charge in [-0.05, 0) is 19.3 Å². The fourth-order valence-corrected chi connectivity index (χ4v) is 4.56. The van der Waals surface area contributed by atoms with Gasteiger partial charge in [-0.3, -0.25) is 0 Å². The normalized spacial score (nSPS) is 58.0. The first-order valence-electron chi connectivity index (χ1n) is 5.43. The second-order valence-electron chi connectivity index (χ2n) is 5.02. The van der Waals surface area contributed by atoms with Crippen LogP contribution in [0.15, 0.2) is 0 Å².